The number of nitrogens with one attached hydrogen (secondary N) is 1. The fourth-order valence-corrected chi connectivity index (χ4v) is 2.24. The van der Waals surface area contributed by atoms with E-state index in [0.717, 1.165) is 17.9 Å². The van der Waals surface area contributed by atoms with Crippen LogP contribution < -0.4 is 5.32 Å². The Balaban J connectivity index is 2.66. The average Bonchev–Trinajstić information content (AvgIpc) is 2.35. The second kappa shape index (κ2) is 7.42. The van der Waals surface area contributed by atoms with Crippen molar-refractivity contribution in [1.29, 1.82) is 0 Å². The summed E-state index contributed by atoms with van der Waals surface area (Å²) in [5.41, 5.74) is 0.191. The minimum atomic E-state index is -1.51. The van der Waals surface area contributed by atoms with Gasteiger partial charge in [0.15, 0.2) is 17.5 Å². The molecular formula is C13H17F3N2OS. The maximum atomic E-state index is 13.1. The summed E-state index contributed by atoms with van der Waals surface area (Å²) in [5.74, 6) is -3.26. The molecule has 0 aromatic heterocycles. The van der Waals surface area contributed by atoms with E-state index in [9.17, 15) is 18.0 Å². The van der Waals surface area contributed by atoms with Crippen LogP contribution in [0.1, 0.15) is 12.5 Å². The van der Waals surface area contributed by atoms with Crippen molar-refractivity contribution in [3.63, 3.8) is 0 Å². The van der Waals surface area contributed by atoms with Crippen LogP contribution in [0.5, 0.6) is 0 Å². The highest BCUT2D eigenvalue weighted by molar-refractivity contribution is 7.98. The molecule has 1 atom stereocenters. The van der Waals surface area contributed by atoms with Gasteiger partial charge in [0.1, 0.15) is 0 Å². The molecule has 0 fully saturated rings. The molecule has 0 radical (unpaired) electrons. The Labute approximate surface area is 120 Å². The lowest BCUT2D eigenvalue weighted by molar-refractivity contribution is 0.204. The summed E-state index contributed by atoms with van der Waals surface area (Å²) in [7, 11) is 1.50. The number of nitrogens with zero attached hydrogens (tertiary/aromatic N) is 1. The van der Waals surface area contributed by atoms with Gasteiger partial charge in [-0.2, -0.15) is 11.8 Å². The van der Waals surface area contributed by atoms with Gasteiger partial charge in [0, 0.05) is 25.4 Å². The second-order valence-corrected chi connectivity index (χ2v) is 5.45. The zero-order chi connectivity index (χ0) is 15.3. The Morgan fingerprint density at radius 3 is 2.40 bits per heavy atom. The molecule has 0 saturated heterocycles. The fraction of sp³-hybridized carbons (Fsp3) is 0.462. The molecule has 0 bridgehead atoms. The first-order valence-electron chi connectivity index (χ1n) is 5.99. The number of carbonyl (C=O) groups is 1. The maximum absolute atomic E-state index is 13.1. The zero-order valence-corrected chi connectivity index (χ0v) is 12.4. The Morgan fingerprint density at radius 2 is 1.90 bits per heavy atom. The lowest BCUT2D eigenvalue weighted by Crippen LogP contribution is -2.42. The van der Waals surface area contributed by atoms with Crippen molar-refractivity contribution in [3.8, 4) is 0 Å². The topological polar surface area (TPSA) is 32.3 Å². The summed E-state index contributed by atoms with van der Waals surface area (Å²) in [6.07, 6.45) is 1.93. The number of carbonyl (C=O) groups excluding carboxylic acids is 1. The first-order chi connectivity index (χ1) is 9.35. The Bertz CT molecular complexity index is 462. The molecule has 1 unspecified atom stereocenters. The molecule has 112 valence electrons. The number of thioether (sulfide) groups is 1. The van der Waals surface area contributed by atoms with Crippen LogP contribution in [0.2, 0.25) is 0 Å². The van der Waals surface area contributed by atoms with Crippen molar-refractivity contribution in [1.82, 2.24) is 10.2 Å². The summed E-state index contributed by atoms with van der Waals surface area (Å²) < 4.78 is 38.9. The standard InChI is InChI=1S/C13H17F3N2OS/c1-8(7-20-3)17-13(19)18(2)6-9-4-10(14)12(16)11(15)5-9/h4-5,8H,6-7H2,1-3H3,(H,17,19). The minimum absolute atomic E-state index is 0.00799. The second-order valence-electron chi connectivity index (χ2n) is 4.54. The van der Waals surface area contributed by atoms with Gasteiger partial charge in [0.25, 0.3) is 0 Å². The molecule has 1 aromatic rings. The van der Waals surface area contributed by atoms with E-state index in [0.29, 0.717) is 0 Å². The third-order valence-corrected chi connectivity index (χ3v) is 3.43. The molecule has 1 rings (SSSR count). The van der Waals surface area contributed by atoms with Crippen LogP contribution in [0.3, 0.4) is 0 Å². The van der Waals surface area contributed by atoms with Gasteiger partial charge in [0.2, 0.25) is 0 Å². The van der Waals surface area contributed by atoms with Crippen LogP contribution in [0.4, 0.5) is 18.0 Å². The first-order valence-corrected chi connectivity index (χ1v) is 7.38. The summed E-state index contributed by atoms with van der Waals surface area (Å²) in [5, 5.41) is 2.75. The Hall–Kier alpha value is -1.37. The van der Waals surface area contributed by atoms with Crippen molar-refractivity contribution in [2.24, 2.45) is 0 Å². The van der Waals surface area contributed by atoms with E-state index in [2.05, 4.69) is 5.32 Å². The molecule has 7 heteroatoms. The van der Waals surface area contributed by atoms with Gasteiger partial charge in [-0.25, -0.2) is 18.0 Å². The number of urea groups is 1. The van der Waals surface area contributed by atoms with Gasteiger partial charge in [0.05, 0.1) is 0 Å². The van der Waals surface area contributed by atoms with Crippen LogP contribution in [-0.2, 0) is 6.54 Å². The van der Waals surface area contributed by atoms with Crippen LogP contribution in [0.25, 0.3) is 0 Å². The van der Waals surface area contributed by atoms with Crippen molar-refractivity contribution in [2.75, 3.05) is 19.1 Å². The predicted molar refractivity (Wildman–Crippen MR) is 74.2 cm³/mol. The molecule has 0 aliphatic carbocycles. The molecule has 1 aromatic carbocycles. The fourth-order valence-electron chi connectivity index (χ4n) is 1.66. The number of rotatable bonds is 5. The van der Waals surface area contributed by atoms with E-state index < -0.39 is 17.5 Å². The molecule has 0 aliphatic heterocycles. The predicted octanol–water partition coefficient (Wildman–Crippen LogP) is 3.00. The molecule has 3 nitrogen and oxygen atoms in total. The Morgan fingerprint density at radius 1 is 1.35 bits per heavy atom. The van der Waals surface area contributed by atoms with E-state index in [4.69, 9.17) is 0 Å². The quantitative estimate of drug-likeness (QED) is 0.848. The number of hydrogen-bond acceptors (Lipinski definition) is 2. The third kappa shape index (κ3) is 4.63. The minimum Gasteiger partial charge on any atom is -0.335 e. The van der Waals surface area contributed by atoms with Crippen molar-refractivity contribution in [2.45, 2.75) is 19.5 Å². The van der Waals surface area contributed by atoms with Gasteiger partial charge in [-0.3, -0.25) is 0 Å². The van der Waals surface area contributed by atoms with Crippen molar-refractivity contribution in [3.05, 3.63) is 35.1 Å². The first kappa shape index (κ1) is 16.7. The third-order valence-electron chi connectivity index (χ3n) is 2.60. The smallest absolute Gasteiger partial charge is 0.317 e. The highest BCUT2D eigenvalue weighted by Crippen LogP contribution is 2.14. The largest absolute Gasteiger partial charge is 0.335 e. The molecule has 0 heterocycles. The van der Waals surface area contributed by atoms with Gasteiger partial charge in [-0.1, -0.05) is 0 Å². The molecule has 0 saturated carbocycles. The summed E-state index contributed by atoms with van der Waals surface area (Å²) >= 11 is 1.60. The van der Waals surface area contributed by atoms with Gasteiger partial charge in [-0.05, 0) is 30.9 Å². The van der Waals surface area contributed by atoms with Crippen LogP contribution in [0.15, 0.2) is 12.1 Å². The maximum Gasteiger partial charge on any atom is 0.317 e. The Kier molecular flexibility index (Phi) is 6.19. The van der Waals surface area contributed by atoms with Crippen LogP contribution in [-0.4, -0.2) is 36.0 Å². The van der Waals surface area contributed by atoms with E-state index >= 15 is 0 Å². The van der Waals surface area contributed by atoms with Crippen molar-refractivity contribution < 1.29 is 18.0 Å². The number of benzene rings is 1. The number of hydrogen-bond donors (Lipinski definition) is 1. The lowest BCUT2D eigenvalue weighted by Gasteiger charge is -2.21. The van der Waals surface area contributed by atoms with Crippen LogP contribution in [0, 0.1) is 17.5 Å². The van der Waals surface area contributed by atoms with Crippen LogP contribution >= 0.6 is 11.8 Å². The van der Waals surface area contributed by atoms with Crippen molar-refractivity contribution >= 4 is 17.8 Å². The summed E-state index contributed by atoms with van der Waals surface area (Å²) in [4.78, 5) is 13.1. The zero-order valence-electron chi connectivity index (χ0n) is 11.5. The summed E-state index contributed by atoms with van der Waals surface area (Å²) in [6.45, 7) is 1.85. The SMILES string of the molecule is CSCC(C)NC(=O)N(C)Cc1cc(F)c(F)c(F)c1. The van der Waals surface area contributed by atoms with Gasteiger partial charge < -0.3 is 10.2 Å². The molecule has 0 aliphatic rings. The highest BCUT2D eigenvalue weighted by Gasteiger charge is 2.15. The lowest BCUT2D eigenvalue weighted by atomic mass is 10.2. The highest BCUT2D eigenvalue weighted by atomic mass is 32.2. The van der Waals surface area contributed by atoms with E-state index in [1.54, 1.807) is 11.8 Å². The van der Waals surface area contributed by atoms with Gasteiger partial charge in [-0.15, -0.1) is 0 Å². The molecule has 0 spiro atoms. The molecule has 1 N–H and O–H groups in total. The van der Waals surface area contributed by atoms with E-state index in [1.807, 2.05) is 13.2 Å². The molecule has 20 heavy (non-hydrogen) atoms. The molecule has 2 amide bonds. The van der Waals surface area contributed by atoms with E-state index in [-0.39, 0.29) is 24.2 Å². The van der Waals surface area contributed by atoms with Gasteiger partial charge >= 0.3 is 6.03 Å². The average molecular weight is 306 g/mol. The normalized spacial score (nSPS) is 12.1. The summed E-state index contributed by atoms with van der Waals surface area (Å²) in [6, 6.07) is 1.40. The number of amides is 2. The monoisotopic (exact) mass is 306 g/mol. The molecular weight excluding hydrogens is 289 g/mol. The van der Waals surface area contributed by atoms with E-state index in [1.165, 1.54) is 11.9 Å². The number of halogens is 3.